The van der Waals surface area contributed by atoms with E-state index in [2.05, 4.69) is 4.18 Å². The topological polar surface area (TPSA) is 43.4 Å². The van der Waals surface area contributed by atoms with Gasteiger partial charge in [-0.1, -0.05) is 26.0 Å². The van der Waals surface area contributed by atoms with Crippen molar-refractivity contribution in [3.8, 4) is 5.75 Å². The number of hydrogen-bond donors (Lipinski definition) is 0. The molecule has 3 nitrogen and oxygen atoms in total. The predicted molar refractivity (Wildman–Crippen MR) is 74.6 cm³/mol. The molecule has 0 radical (unpaired) electrons. The lowest BCUT2D eigenvalue weighted by molar-refractivity contribution is 0.346. The third-order valence-corrected chi connectivity index (χ3v) is 4.43. The molecule has 0 unspecified atom stereocenters. The van der Waals surface area contributed by atoms with Crippen molar-refractivity contribution in [3.63, 3.8) is 0 Å². The molecule has 0 bridgehead atoms. The first-order chi connectivity index (χ1) is 11.1. The highest BCUT2D eigenvalue weighted by molar-refractivity contribution is 7.87. The molecule has 0 spiro atoms. The Hall–Kier alpha value is -2.16. The Balaban J connectivity index is 2.47. The second kappa shape index (κ2) is 6.39. The molecule has 0 aliphatic heterocycles. The summed E-state index contributed by atoms with van der Waals surface area (Å²) in [7, 11) is -4.78. The van der Waals surface area contributed by atoms with Crippen molar-refractivity contribution in [3.05, 3.63) is 58.9 Å². The highest BCUT2D eigenvalue weighted by Gasteiger charge is 2.30. The molecule has 0 N–H and O–H groups in total. The zero-order valence-corrected chi connectivity index (χ0v) is 13.2. The summed E-state index contributed by atoms with van der Waals surface area (Å²) in [5.41, 5.74) is 0.783. The fraction of sp³-hybridized carbons (Fsp3) is 0.200. The van der Waals surface area contributed by atoms with Crippen LogP contribution in [-0.4, -0.2) is 8.42 Å². The molecule has 0 aliphatic rings. The number of rotatable bonds is 4. The monoisotopic (exact) mass is 366 g/mol. The molecule has 9 heteroatoms. The molecule has 0 heterocycles. The average Bonchev–Trinajstić information content (AvgIpc) is 2.55. The van der Waals surface area contributed by atoms with Crippen molar-refractivity contribution < 1.29 is 34.6 Å². The van der Waals surface area contributed by atoms with Gasteiger partial charge in [-0.05, 0) is 23.6 Å². The Bertz CT molecular complexity index is 848. The highest BCUT2D eigenvalue weighted by atomic mass is 32.2. The Kier molecular flexibility index (Phi) is 4.84. The van der Waals surface area contributed by atoms with Gasteiger partial charge in [0.2, 0.25) is 34.8 Å². The van der Waals surface area contributed by atoms with Crippen LogP contribution in [0.1, 0.15) is 25.3 Å². The summed E-state index contributed by atoms with van der Waals surface area (Å²) in [6.45, 7) is 3.71. The summed E-state index contributed by atoms with van der Waals surface area (Å²) in [5, 5.41) is 0. The van der Waals surface area contributed by atoms with Crippen LogP contribution in [-0.2, 0) is 10.1 Å². The fourth-order valence-corrected chi connectivity index (χ4v) is 2.77. The molecule has 2 aromatic carbocycles. The summed E-state index contributed by atoms with van der Waals surface area (Å²) in [5.74, 6) is -13.5. The van der Waals surface area contributed by atoms with Crippen molar-refractivity contribution in [1.82, 2.24) is 0 Å². The van der Waals surface area contributed by atoms with E-state index in [-0.39, 0.29) is 5.92 Å². The van der Waals surface area contributed by atoms with Gasteiger partial charge in [0, 0.05) is 0 Å². The number of benzene rings is 2. The van der Waals surface area contributed by atoms with Gasteiger partial charge >= 0.3 is 10.1 Å². The lowest BCUT2D eigenvalue weighted by Crippen LogP contribution is -2.14. The van der Waals surface area contributed by atoms with Gasteiger partial charge in [0.1, 0.15) is 4.90 Å². The van der Waals surface area contributed by atoms with Gasteiger partial charge in [-0.3, -0.25) is 0 Å². The van der Waals surface area contributed by atoms with E-state index in [1.165, 1.54) is 12.1 Å². The third kappa shape index (κ3) is 3.21. The maximum absolute atomic E-state index is 13.5. The van der Waals surface area contributed by atoms with Crippen LogP contribution in [0.15, 0.2) is 29.2 Å². The minimum absolute atomic E-state index is 0.0952. The Morgan fingerprint density at radius 1 is 0.792 bits per heavy atom. The second-order valence-corrected chi connectivity index (χ2v) is 6.71. The summed E-state index contributed by atoms with van der Waals surface area (Å²) < 4.78 is 94.3. The van der Waals surface area contributed by atoms with Gasteiger partial charge in [0.15, 0.2) is 0 Å². The van der Waals surface area contributed by atoms with E-state index >= 15 is 0 Å². The molecule has 130 valence electrons. The van der Waals surface area contributed by atoms with Crippen molar-refractivity contribution >= 4 is 10.1 Å². The minimum atomic E-state index is -4.78. The molecule has 24 heavy (non-hydrogen) atoms. The molecular formula is C15H11F5O3S. The fourth-order valence-electron chi connectivity index (χ4n) is 1.84. The Morgan fingerprint density at radius 2 is 1.21 bits per heavy atom. The summed E-state index contributed by atoms with van der Waals surface area (Å²) in [4.78, 5) is -0.490. The number of hydrogen-bond acceptors (Lipinski definition) is 3. The van der Waals surface area contributed by atoms with Crippen LogP contribution < -0.4 is 4.18 Å². The summed E-state index contributed by atoms with van der Waals surface area (Å²) in [6.07, 6.45) is 0. The van der Waals surface area contributed by atoms with Crippen molar-refractivity contribution in [2.24, 2.45) is 0 Å². The molecule has 0 atom stereocenters. The molecule has 2 rings (SSSR count). The molecule has 0 saturated carbocycles. The molecule has 0 amide bonds. The van der Waals surface area contributed by atoms with Crippen molar-refractivity contribution in [2.75, 3.05) is 0 Å². The van der Waals surface area contributed by atoms with Gasteiger partial charge in [-0.25, -0.2) is 13.2 Å². The van der Waals surface area contributed by atoms with Crippen molar-refractivity contribution in [1.29, 1.82) is 0 Å². The SMILES string of the molecule is CC(C)c1ccc(S(=O)(=O)Oc2c(F)c(F)c(F)c(F)c2F)cc1. The van der Waals surface area contributed by atoms with E-state index in [9.17, 15) is 30.4 Å². The van der Waals surface area contributed by atoms with Gasteiger partial charge in [0.05, 0.1) is 0 Å². The van der Waals surface area contributed by atoms with Crippen LogP contribution in [0.4, 0.5) is 22.0 Å². The molecule has 0 fully saturated rings. The van der Waals surface area contributed by atoms with E-state index in [1.807, 2.05) is 13.8 Å². The van der Waals surface area contributed by atoms with Gasteiger partial charge < -0.3 is 4.18 Å². The second-order valence-electron chi connectivity index (χ2n) is 5.16. The van der Waals surface area contributed by atoms with Crippen LogP contribution in [0.25, 0.3) is 0 Å². The molecule has 0 aliphatic carbocycles. The van der Waals surface area contributed by atoms with Crippen LogP contribution in [0.5, 0.6) is 5.75 Å². The zero-order chi connectivity index (χ0) is 18.2. The quantitative estimate of drug-likeness (QED) is 0.351. The lowest BCUT2D eigenvalue weighted by atomic mass is 10.0. The van der Waals surface area contributed by atoms with E-state index in [4.69, 9.17) is 0 Å². The van der Waals surface area contributed by atoms with Gasteiger partial charge in [-0.15, -0.1) is 0 Å². The first-order valence-corrected chi connectivity index (χ1v) is 8.03. The minimum Gasteiger partial charge on any atom is -0.372 e. The van der Waals surface area contributed by atoms with E-state index in [1.54, 1.807) is 0 Å². The Morgan fingerprint density at radius 3 is 1.62 bits per heavy atom. The molecule has 0 aromatic heterocycles. The molecule has 0 saturated heterocycles. The highest BCUT2D eigenvalue weighted by Crippen LogP contribution is 2.31. The summed E-state index contributed by atoms with van der Waals surface area (Å²) in [6, 6.07) is 5.10. The summed E-state index contributed by atoms with van der Waals surface area (Å²) >= 11 is 0. The standard InChI is InChI=1S/C15H11F5O3S/c1-7(2)8-3-5-9(6-4-8)24(21,22)23-15-13(19)11(17)10(16)12(18)14(15)20/h3-7H,1-2H3. The smallest absolute Gasteiger partial charge is 0.339 e. The third-order valence-electron chi connectivity index (χ3n) is 3.20. The van der Waals surface area contributed by atoms with Crippen LogP contribution in [0.2, 0.25) is 0 Å². The van der Waals surface area contributed by atoms with Gasteiger partial charge in [0.25, 0.3) is 0 Å². The van der Waals surface area contributed by atoms with E-state index in [0.717, 1.165) is 17.7 Å². The van der Waals surface area contributed by atoms with E-state index in [0.29, 0.717) is 0 Å². The largest absolute Gasteiger partial charge is 0.372 e. The van der Waals surface area contributed by atoms with Crippen LogP contribution >= 0.6 is 0 Å². The maximum atomic E-state index is 13.5. The predicted octanol–water partition coefficient (Wildman–Crippen LogP) is 4.27. The molecular weight excluding hydrogens is 355 g/mol. The van der Waals surface area contributed by atoms with Gasteiger partial charge in [-0.2, -0.15) is 17.2 Å². The maximum Gasteiger partial charge on any atom is 0.339 e. The zero-order valence-electron chi connectivity index (χ0n) is 12.4. The van der Waals surface area contributed by atoms with E-state index < -0.39 is 49.8 Å². The Labute approximate surface area is 134 Å². The van der Waals surface area contributed by atoms with Crippen LogP contribution in [0, 0.1) is 29.1 Å². The first kappa shape index (κ1) is 18.2. The van der Waals surface area contributed by atoms with Crippen LogP contribution in [0.3, 0.4) is 0 Å². The first-order valence-electron chi connectivity index (χ1n) is 6.62. The van der Waals surface area contributed by atoms with Crippen molar-refractivity contribution in [2.45, 2.75) is 24.7 Å². The average molecular weight is 366 g/mol. The lowest BCUT2D eigenvalue weighted by Gasteiger charge is -2.11. The number of halogens is 5. The molecule has 2 aromatic rings. The normalized spacial score (nSPS) is 11.8.